The molecule has 0 amide bonds. The van der Waals surface area contributed by atoms with E-state index in [1.807, 2.05) is 18.7 Å². The van der Waals surface area contributed by atoms with Gasteiger partial charge in [-0.25, -0.2) is 0 Å². The first kappa shape index (κ1) is 11.6. The Labute approximate surface area is 97.4 Å². The first-order valence-corrected chi connectivity index (χ1v) is 6.02. The summed E-state index contributed by atoms with van der Waals surface area (Å²) in [6.45, 7) is 7.58. The number of rotatable bonds is 2. The molecule has 1 aliphatic rings. The van der Waals surface area contributed by atoms with Crippen molar-refractivity contribution in [1.82, 2.24) is 14.7 Å². The highest BCUT2D eigenvalue weighted by molar-refractivity contribution is 5.17. The third-order valence-corrected chi connectivity index (χ3v) is 3.49. The van der Waals surface area contributed by atoms with Crippen LogP contribution in [0.25, 0.3) is 0 Å². The van der Waals surface area contributed by atoms with Crippen LogP contribution in [0.3, 0.4) is 0 Å². The highest BCUT2D eigenvalue weighted by Crippen LogP contribution is 2.32. The molecule has 2 rings (SSSR count). The van der Waals surface area contributed by atoms with Gasteiger partial charge in [-0.05, 0) is 33.3 Å². The maximum Gasteiger partial charge on any atom is 0.0673 e. The van der Waals surface area contributed by atoms with Gasteiger partial charge < -0.3 is 5.73 Å². The molecule has 0 aliphatic carbocycles. The number of nitrogens with two attached hydrogens (primary N) is 1. The smallest absolute Gasteiger partial charge is 0.0673 e. The van der Waals surface area contributed by atoms with Crippen LogP contribution in [0.2, 0.25) is 0 Å². The second-order valence-electron chi connectivity index (χ2n) is 5.06. The van der Waals surface area contributed by atoms with Gasteiger partial charge in [-0.1, -0.05) is 0 Å². The molecule has 0 aromatic carbocycles. The second kappa shape index (κ2) is 4.18. The lowest BCUT2D eigenvalue weighted by molar-refractivity contribution is 0.191. The van der Waals surface area contributed by atoms with Crippen LogP contribution >= 0.6 is 0 Å². The molecule has 1 aromatic rings. The number of aryl methyl sites for hydroxylation is 2. The largest absolute Gasteiger partial charge is 0.326 e. The molecule has 0 spiro atoms. The van der Waals surface area contributed by atoms with E-state index in [0.29, 0.717) is 12.1 Å². The van der Waals surface area contributed by atoms with E-state index in [-0.39, 0.29) is 6.04 Å². The molecule has 1 fully saturated rings. The van der Waals surface area contributed by atoms with Crippen molar-refractivity contribution < 1.29 is 0 Å². The van der Waals surface area contributed by atoms with E-state index >= 15 is 0 Å². The van der Waals surface area contributed by atoms with Gasteiger partial charge in [0.25, 0.3) is 0 Å². The molecule has 4 nitrogen and oxygen atoms in total. The summed E-state index contributed by atoms with van der Waals surface area (Å²) in [5.74, 6) is 0. The van der Waals surface area contributed by atoms with Gasteiger partial charge >= 0.3 is 0 Å². The van der Waals surface area contributed by atoms with E-state index in [4.69, 9.17) is 5.73 Å². The lowest BCUT2D eigenvalue weighted by Crippen LogP contribution is -2.37. The second-order valence-corrected chi connectivity index (χ2v) is 5.06. The van der Waals surface area contributed by atoms with Crippen molar-refractivity contribution >= 4 is 0 Å². The van der Waals surface area contributed by atoms with Crippen molar-refractivity contribution in [2.75, 3.05) is 6.54 Å². The van der Waals surface area contributed by atoms with E-state index in [9.17, 15) is 0 Å². The van der Waals surface area contributed by atoms with Crippen molar-refractivity contribution in [3.05, 3.63) is 17.5 Å². The number of nitrogens with zero attached hydrogens (tertiary/aromatic N) is 3. The van der Waals surface area contributed by atoms with Crippen LogP contribution in [0.5, 0.6) is 0 Å². The van der Waals surface area contributed by atoms with Crippen LogP contribution in [-0.2, 0) is 7.05 Å². The lowest BCUT2D eigenvalue weighted by atomic mass is 10.1. The number of hydrogen-bond acceptors (Lipinski definition) is 3. The van der Waals surface area contributed by atoms with E-state index in [0.717, 1.165) is 18.7 Å². The monoisotopic (exact) mass is 222 g/mol. The van der Waals surface area contributed by atoms with E-state index in [2.05, 4.69) is 29.9 Å². The fourth-order valence-corrected chi connectivity index (χ4v) is 2.72. The Morgan fingerprint density at radius 1 is 1.50 bits per heavy atom. The maximum absolute atomic E-state index is 6.23. The van der Waals surface area contributed by atoms with Crippen molar-refractivity contribution in [2.24, 2.45) is 12.8 Å². The summed E-state index contributed by atoms with van der Waals surface area (Å²) in [6.07, 6.45) is 1.08. The molecule has 4 heteroatoms. The topological polar surface area (TPSA) is 47.1 Å². The minimum absolute atomic E-state index is 0.234. The summed E-state index contributed by atoms with van der Waals surface area (Å²) < 4.78 is 1.97. The third kappa shape index (κ3) is 1.87. The average Bonchev–Trinajstić information content (AvgIpc) is 2.69. The predicted molar refractivity (Wildman–Crippen MR) is 65.1 cm³/mol. The molecule has 90 valence electrons. The molecule has 2 atom stereocenters. The van der Waals surface area contributed by atoms with E-state index in [1.54, 1.807) is 0 Å². The summed E-state index contributed by atoms with van der Waals surface area (Å²) in [6, 6.07) is 3.25. The van der Waals surface area contributed by atoms with Gasteiger partial charge in [0.15, 0.2) is 0 Å². The zero-order chi connectivity index (χ0) is 11.9. The molecular formula is C12H22N4. The maximum atomic E-state index is 6.23. The highest BCUT2D eigenvalue weighted by Gasteiger charge is 2.36. The zero-order valence-electron chi connectivity index (χ0n) is 10.6. The van der Waals surface area contributed by atoms with Gasteiger partial charge in [0.05, 0.1) is 17.4 Å². The number of aromatic nitrogens is 2. The third-order valence-electron chi connectivity index (χ3n) is 3.49. The van der Waals surface area contributed by atoms with Gasteiger partial charge in [0.2, 0.25) is 0 Å². The van der Waals surface area contributed by atoms with Crippen LogP contribution in [0.4, 0.5) is 0 Å². The first-order chi connectivity index (χ1) is 7.50. The number of hydrogen-bond donors (Lipinski definition) is 1. The van der Waals surface area contributed by atoms with Crippen molar-refractivity contribution in [2.45, 2.75) is 45.3 Å². The first-order valence-electron chi connectivity index (χ1n) is 6.02. The fraction of sp³-hybridized carbons (Fsp3) is 0.750. The van der Waals surface area contributed by atoms with Crippen molar-refractivity contribution in [3.63, 3.8) is 0 Å². The quantitative estimate of drug-likeness (QED) is 0.818. The van der Waals surface area contributed by atoms with Crippen LogP contribution < -0.4 is 5.73 Å². The normalized spacial score (nSPS) is 26.9. The fourth-order valence-electron chi connectivity index (χ4n) is 2.72. The van der Waals surface area contributed by atoms with E-state index < -0.39 is 0 Å². The molecule has 0 bridgehead atoms. The molecule has 2 unspecified atom stereocenters. The molecule has 0 saturated carbocycles. The summed E-state index contributed by atoms with van der Waals surface area (Å²) in [5.41, 5.74) is 8.55. The van der Waals surface area contributed by atoms with Gasteiger partial charge in [0.1, 0.15) is 0 Å². The van der Waals surface area contributed by atoms with Crippen molar-refractivity contribution in [3.8, 4) is 0 Å². The highest BCUT2D eigenvalue weighted by atomic mass is 15.3. The molecule has 1 aliphatic heterocycles. The Hall–Kier alpha value is -0.870. The summed E-state index contributed by atoms with van der Waals surface area (Å²) >= 11 is 0. The van der Waals surface area contributed by atoms with Crippen LogP contribution in [0.1, 0.15) is 37.7 Å². The van der Waals surface area contributed by atoms with Crippen LogP contribution in [-0.4, -0.2) is 33.3 Å². The van der Waals surface area contributed by atoms with Crippen LogP contribution in [0.15, 0.2) is 6.07 Å². The zero-order valence-corrected chi connectivity index (χ0v) is 10.6. The van der Waals surface area contributed by atoms with Crippen LogP contribution in [0, 0.1) is 6.92 Å². The Morgan fingerprint density at radius 2 is 2.19 bits per heavy atom. The van der Waals surface area contributed by atoms with Gasteiger partial charge in [-0.3, -0.25) is 9.58 Å². The lowest BCUT2D eigenvalue weighted by Gasteiger charge is -2.30. The Morgan fingerprint density at radius 3 is 2.69 bits per heavy atom. The Kier molecular flexibility index (Phi) is 3.04. The summed E-state index contributed by atoms with van der Waals surface area (Å²) in [5, 5.41) is 4.42. The standard InChI is InChI=1S/C12H22N4/c1-8(2)16-6-5-10(13)12(16)11-7-9(3)14-15(11)4/h7-8,10,12H,5-6,13H2,1-4H3. The minimum Gasteiger partial charge on any atom is -0.326 e. The average molecular weight is 222 g/mol. The SMILES string of the molecule is Cc1cc(C2C(N)CCN2C(C)C)n(C)n1. The number of likely N-dealkylation sites (tertiary alicyclic amines) is 1. The summed E-state index contributed by atoms with van der Waals surface area (Å²) in [4.78, 5) is 2.47. The molecule has 1 aromatic heterocycles. The Bertz CT molecular complexity index is 369. The van der Waals surface area contributed by atoms with Crippen molar-refractivity contribution in [1.29, 1.82) is 0 Å². The predicted octanol–water partition coefficient (Wildman–Crippen LogP) is 1.21. The molecule has 2 heterocycles. The van der Waals surface area contributed by atoms with Gasteiger partial charge in [-0.2, -0.15) is 5.10 Å². The molecular weight excluding hydrogens is 200 g/mol. The molecule has 16 heavy (non-hydrogen) atoms. The Balaban J connectivity index is 2.33. The molecule has 1 saturated heterocycles. The van der Waals surface area contributed by atoms with Gasteiger partial charge in [0, 0.05) is 25.7 Å². The van der Waals surface area contributed by atoms with E-state index in [1.165, 1.54) is 5.69 Å². The molecule has 2 N–H and O–H groups in total. The van der Waals surface area contributed by atoms with Gasteiger partial charge in [-0.15, -0.1) is 0 Å². The minimum atomic E-state index is 0.234. The molecule has 0 radical (unpaired) electrons. The summed E-state index contributed by atoms with van der Waals surface area (Å²) in [7, 11) is 2.01.